The molecule has 122 valence electrons. The Morgan fingerprint density at radius 1 is 1.32 bits per heavy atom. The first-order valence-electron chi connectivity index (χ1n) is 8.37. The van der Waals surface area contributed by atoms with Crippen LogP contribution in [0.2, 0.25) is 0 Å². The summed E-state index contributed by atoms with van der Waals surface area (Å²) in [5, 5.41) is 6.46. The maximum atomic E-state index is 11.9. The summed E-state index contributed by atoms with van der Waals surface area (Å²) < 4.78 is 5.61. The van der Waals surface area contributed by atoms with Crippen LogP contribution in [0.1, 0.15) is 31.7 Å². The van der Waals surface area contributed by atoms with Crippen LogP contribution in [0, 0.1) is 5.92 Å². The van der Waals surface area contributed by atoms with Crippen LogP contribution in [-0.4, -0.2) is 38.3 Å². The van der Waals surface area contributed by atoms with Crippen molar-refractivity contribution < 1.29 is 9.53 Å². The minimum atomic E-state index is 0.146. The molecule has 2 N–H and O–H groups in total. The van der Waals surface area contributed by atoms with Crippen LogP contribution < -0.4 is 10.6 Å². The highest BCUT2D eigenvalue weighted by molar-refractivity contribution is 5.76. The number of hydrogen-bond donors (Lipinski definition) is 2. The molecule has 2 rings (SSSR count). The SMILES string of the molecule is CC1CCNCC1NC(=O)CCCOCCc1ccccc1. The van der Waals surface area contributed by atoms with Gasteiger partial charge in [0.05, 0.1) is 6.61 Å². The minimum absolute atomic E-state index is 0.146. The van der Waals surface area contributed by atoms with Crippen molar-refractivity contribution in [2.24, 2.45) is 5.92 Å². The first-order valence-corrected chi connectivity index (χ1v) is 8.37. The molecule has 4 nitrogen and oxygen atoms in total. The molecular formula is C18H28N2O2. The largest absolute Gasteiger partial charge is 0.381 e. The molecule has 1 amide bonds. The zero-order chi connectivity index (χ0) is 15.6. The molecular weight excluding hydrogens is 276 g/mol. The molecule has 2 unspecified atom stereocenters. The van der Waals surface area contributed by atoms with E-state index in [9.17, 15) is 4.79 Å². The van der Waals surface area contributed by atoms with Gasteiger partial charge in [-0.1, -0.05) is 37.3 Å². The van der Waals surface area contributed by atoms with E-state index in [4.69, 9.17) is 4.74 Å². The van der Waals surface area contributed by atoms with Gasteiger partial charge in [0.25, 0.3) is 0 Å². The quantitative estimate of drug-likeness (QED) is 0.724. The maximum absolute atomic E-state index is 11.9. The van der Waals surface area contributed by atoms with Gasteiger partial charge in [0, 0.05) is 25.6 Å². The lowest BCUT2D eigenvalue weighted by Gasteiger charge is -2.30. The number of hydrogen-bond acceptors (Lipinski definition) is 3. The van der Waals surface area contributed by atoms with Crippen LogP contribution in [-0.2, 0) is 16.0 Å². The lowest BCUT2D eigenvalue weighted by atomic mass is 9.95. The smallest absolute Gasteiger partial charge is 0.220 e. The summed E-state index contributed by atoms with van der Waals surface area (Å²) in [5.41, 5.74) is 1.29. The molecule has 1 aromatic rings. The number of nitrogens with one attached hydrogen (secondary N) is 2. The molecule has 0 saturated carbocycles. The maximum Gasteiger partial charge on any atom is 0.220 e. The molecule has 1 aliphatic heterocycles. The molecule has 0 aliphatic carbocycles. The highest BCUT2D eigenvalue weighted by atomic mass is 16.5. The zero-order valence-electron chi connectivity index (χ0n) is 13.5. The van der Waals surface area contributed by atoms with Gasteiger partial charge in [-0.25, -0.2) is 0 Å². The van der Waals surface area contributed by atoms with Crippen molar-refractivity contribution in [3.63, 3.8) is 0 Å². The molecule has 22 heavy (non-hydrogen) atoms. The first kappa shape index (κ1) is 17.0. The Morgan fingerprint density at radius 2 is 2.14 bits per heavy atom. The van der Waals surface area contributed by atoms with Crippen molar-refractivity contribution in [2.75, 3.05) is 26.3 Å². The monoisotopic (exact) mass is 304 g/mol. The van der Waals surface area contributed by atoms with E-state index < -0.39 is 0 Å². The molecule has 1 fully saturated rings. The van der Waals surface area contributed by atoms with E-state index in [0.29, 0.717) is 18.9 Å². The van der Waals surface area contributed by atoms with Crippen molar-refractivity contribution >= 4 is 5.91 Å². The lowest BCUT2D eigenvalue weighted by Crippen LogP contribution is -2.50. The Morgan fingerprint density at radius 3 is 2.91 bits per heavy atom. The number of benzene rings is 1. The average molecular weight is 304 g/mol. The summed E-state index contributed by atoms with van der Waals surface area (Å²) in [6.45, 7) is 5.52. The summed E-state index contributed by atoms with van der Waals surface area (Å²) >= 11 is 0. The highest BCUT2D eigenvalue weighted by Crippen LogP contribution is 2.11. The van der Waals surface area contributed by atoms with Gasteiger partial charge >= 0.3 is 0 Å². The summed E-state index contributed by atoms with van der Waals surface area (Å²) in [7, 11) is 0. The fourth-order valence-electron chi connectivity index (χ4n) is 2.73. The fraction of sp³-hybridized carbons (Fsp3) is 0.611. The molecule has 0 radical (unpaired) electrons. The van der Waals surface area contributed by atoms with Gasteiger partial charge < -0.3 is 15.4 Å². The Hall–Kier alpha value is -1.39. The molecule has 0 spiro atoms. The second kappa shape index (κ2) is 9.59. The topological polar surface area (TPSA) is 50.4 Å². The third-order valence-electron chi connectivity index (χ3n) is 4.24. The van der Waals surface area contributed by atoms with Gasteiger partial charge in [0.15, 0.2) is 0 Å². The van der Waals surface area contributed by atoms with Crippen molar-refractivity contribution in [3.05, 3.63) is 35.9 Å². The molecule has 0 aromatic heterocycles. The zero-order valence-corrected chi connectivity index (χ0v) is 13.5. The van der Waals surface area contributed by atoms with E-state index in [1.54, 1.807) is 0 Å². The number of carbonyl (C=O) groups is 1. The molecule has 4 heteroatoms. The first-order chi connectivity index (χ1) is 10.8. The third kappa shape index (κ3) is 6.16. The predicted octanol–water partition coefficient (Wildman–Crippen LogP) is 2.14. The van der Waals surface area contributed by atoms with Gasteiger partial charge in [-0.15, -0.1) is 0 Å². The Balaban J connectivity index is 1.50. The van der Waals surface area contributed by atoms with Gasteiger partial charge in [-0.2, -0.15) is 0 Å². The molecule has 1 heterocycles. The minimum Gasteiger partial charge on any atom is -0.381 e. The normalized spacial score (nSPS) is 21.5. The summed E-state index contributed by atoms with van der Waals surface area (Å²) in [6.07, 6.45) is 3.40. The standard InChI is InChI=1S/C18H28N2O2/c1-15-9-11-19-14-17(15)20-18(21)8-5-12-22-13-10-16-6-3-2-4-7-16/h2-4,6-7,15,17,19H,5,8-14H2,1H3,(H,20,21). The van der Waals surface area contributed by atoms with Crippen molar-refractivity contribution in [1.82, 2.24) is 10.6 Å². The fourth-order valence-corrected chi connectivity index (χ4v) is 2.73. The Bertz CT molecular complexity index is 436. The van der Waals surface area contributed by atoms with Crippen molar-refractivity contribution in [3.8, 4) is 0 Å². The van der Waals surface area contributed by atoms with Gasteiger partial charge in [-0.3, -0.25) is 4.79 Å². The molecule has 1 saturated heterocycles. The summed E-state index contributed by atoms with van der Waals surface area (Å²) in [6, 6.07) is 10.6. The van der Waals surface area contributed by atoms with Gasteiger partial charge in [0.1, 0.15) is 0 Å². The van der Waals surface area contributed by atoms with Gasteiger partial charge in [-0.05, 0) is 37.3 Å². The molecule has 1 aliphatic rings. The number of rotatable bonds is 8. The van der Waals surface area contributed by atoms with Crippen LogP contribution in [0.15, 0.2) is 30.3 Å². The van der Waals surface area contributed by atoms with E-state index in [2.05, 4.69) is 29.7 Å². The Labute approximate surface area is 133 Å². The second-order valence-electron chi connectivity index (χ2n) is 6.10. The Kier molecular flexibility index (Phi) is 7.40. The third-order valence-corrected chi connectivity index (χ3v) is 4.24. The van der Waals surface area contributed by atoms with Crippen LogP contribution in [0.5, 0.6) is 0 Å². The van der Waals surface area contributed by atoms with Crippen LogP contribution in [0.4, 0.5) is 0 Å². The number of carbonyl (C=O) groups excluding carboxylic acids is 1. The van der Waals surface area contributed by atoms with Crippen LogP contribution in [0.25, 0.3) is 0 Å². The lowest BCUT2D eigenvalue weighted by molar-refractivity contribution is -0.122. The van der Waals surface area contributed by atoms with Crippen molar-refractivity contribution in [1.29, 1.82) is 0 Å². The van der Waals surface area contributed by atoms with E-state index in [-0.39, 0.29) is 11.9 Å². The molecule has 2 atom stereocenters. The second-order valence-corrected chi connectivity index (χ2v) is 6.10. The molecule has 0 bridgehead atoms. The van der Waals surface area contributed by atoms with E-state index in [0.717, 1.165) is 39.0 Å². The number of piperidine rings is 1. The predicted molar refractivity (Wildman–Crippen MR) is 88.8 cm³/mol. The van der Waals surface area contributed by atoms with E-state index >= 15 is 0 Å². The van der Waals surface area contributed by atoms with Crippen LogP contribution in [0.3, 0.4) is 0 Å². The number of amides is 1. The van der Waals surface area contributed by atoms with Crippen LogP contribution >= 0.6 is 0 Å². The van der Waals surface area contributed by atoms with E-state index in [1.807, 2.05) is 18.2 Å². The highest BCUT2D eigenvalue weighted by Gasteiger charge is 2.22. The van der Waals surface area contributed by atoms with Crippen molar-refractivity contribution in [2.45, 2.75) is 38.6 Å². The average Bonchev–Trinajstić information content (AvgIpc) is 2.54. The summed E-state index contributed by atoms with van der Waals surface area (Å²) in [4.78, 5) is 11.9. The summed E-state index contributed by atoms with van der Waals surface area (Å²) in [5.74, 6) is 0.708. The molecule has 1 aromatic carbocycles. The van der Waals surface area contributed by atoms with Gasteiger partial charge in [0.2, 0.25) is 5.91 Å². The van der Waals surface area contributed by atoms with E-state index in [1.165, 1.54) is 5.56 Å². The number of ether oxygens (including phenoxy) is 1.